The summed E-state index contributed by atoms with van der Waals surface area (Å²) >= 11 is 0. The SMILES string of the molecule is NCCN1CCC2(COC2)C1. The van der Waals surface area contributed by atoms with Crippen molar-refractivity contribution in [3.05, 3.63) is 0 Å². The van der Waals surface area contributed by atoms with Gasteiger partial charge >= 0.3 is 0 Å². The molecular weight excluding hydrogens is 140 g/mol. The zero-order valence-corrected chi connectivity index (χ0v) is 6.88. The summed E-state index contributed by atoms with van der Waals surface area (Å²) in [5.41, 5.74) is 6.02. The summed E-state index contributed by atoms with van der Waals surface area (Å²) < 4.78 is 5.23. The molecule has 0 aromatic heterocycles. The fourth-order valence-corrected chi connectivity index (χ4v) is 2.03. The highest BCUT2D eigenvalue weighted by Crippen LogP contribution is 2.36. The highest BCUT2D eigenvalue weighted by molar-refractivity contribution is 4.94. The van der Waals surface area contributed by atoms with Crippen molar-refractivity contribution < 1.29 is 4.74 Å². The number of rotatable bonds is 2. The molecule has 0 aromatic rings. The van der Waals surface area contributed by atoms with E-state index in [0.29, 0.717) is 5.41 Å². The molecule has 3 nitrogen and oxygen atoms in total. The lowest BCUT2D eigenvalue weighted by atomic mass is 9.85. The van der Waals surface area contributed by atoms with Gasteiger partial charge in [-0.15, -0.1) is 0 Å². The van der Waals surface area contributed by atoms with Crippen LogP contribution in [-0.2, 0) is 4.74 Å². The fourth-order valence-electron chi connectivity index (χ4n) is 2.03. The Balaban J connectivity index is 1.83. The minimum atomic E-state index is 0.537. The standard InChI is InChI=1S/C8H16N2O/c9-2-4-10-3-1-8(5-10)6-11-7-8/h1-7,9H2. The zero-order chi connectivity index (χ0) is 7.73. The lowest BCUT2D eigenvalue weighted by Crippen LogP contribution is -2.45. The molecule has 0 bridgehead atoms. The molecule has 2 N–H and O–H groups in total. The number of ether oxygens (including phenoxy) is 1. The second-order valence-electron chi connectivity index (χ2n) is 3.81. The van der Waals surface area contributed by atoms with E-state index in [1.54, 1.807) is 0 Å². The van der Waals surface area contributed by atoms with Gasteiger partial charge in [0.1, 0.15) is 0 Å². The van der Waals surface area contributed by atoms with Crippen LogP contribution in [0.3, 0.4) is 0 Å². The molecule has 64 valence electrons. The second kappa shape index (κ2) is 2.73. The molecule has 3 heteroatoms. The molecular formula is C8H16N2O. The van der Waals surface area contributed by atoms with Crippen LogP contribution in [0.5, 0.6) is 0 Å². The summed E-state index contributed by atoms with van der Waals surface area (Å²) in [7, 11) is 0. The van der Waals surface area contributed by atoms with Crippen LogP contribution in [0.1, 0.15) is 6.42 Å². The molecule has 11 heavy (non-hydrogen) atoms. The van der Waals surface area contributed by atoms with Gasteiger partial charge in [-0.25, -0.2) is 0 Å². The maximum Gasteiger partial charge on any atom is 0.0557 e. The van der Waals surface area contributed by atoms with Gasteiger partial charge in [-0.2, -0.15) is 0 Å². The first-order chi connectivity index (χ1) is 5.35. The van der Waals surface area contributed by atoms with Crippen LogP contribution >= 0.6 is 0 Å². The van der Waals surface area contributed by atoms with Gasteiger partial charge in [-0.05, 0) is 13.0 Å². The van der Waals surface area contributed by atoms with Gasteiger partial charge in [0, 0.05) is 25.0 Å². The van der Waals surface area contributed by atoms with Gasteiger partial charge in [0.15, 0.2) is 0 Å². The topological polar surface area (TPSA) is 38.5 Å². The molecule has 0 amide bonds. The van der Waals surface area contributed by atoms with Gasteiger partial charge < -0.3 is 15.4 Å². The maximum atomic E-state index is 5.48. The third-order valence-electron chi connectivity index (χ3n) is 2.78. The highest BCUT2D eigenvalue weighted by atomic mass is 16.5. The number of hydrogen-bond donors (Lipinski definition) is 1. The first kappa shape index (κ1) is 7.53. The Morgan fingerprint density at radius 2 is 2.27 bits per heavy atom. The Labute approximate surface area is 67.5 Å². The minimum Gasteiger partial charge on any atom is -0.380 e. The van der Waals surface area contributed by atoms with E-state index in [-0.39, 0.29) is 0 Å². The van der Waals surface area contributed by atoms with Crippen LogP contribution in [0, 0.1) is 5.41 Å². The third-order valence-corrected chi connectivity index (χ3v) is 2.78. The van der Waals surface area contributed by atoms with Gasteiger partial charge in [-0.1, -0.05) is 0 Å². The first-order valence-corrected chi connectivity index (χ1v) is 4.35. The highest BCUT2D eigenvalue weighted by Gasteiger charge is 2.43. The van der Waals surface area contributed by atoms with E-state index in [2.05, 4.69) is 4.90 Å². The Morgan fingerprint density at radius 3 is 2.73 bits per heavy atom. The summed E-state index contributed by atoms with van der Waals surface area (Å²) in [5.74, 6) is 0. The van der Waals surface area contributed by atoms with Crippen LogP contribution < -0.4 is 5.73 Å². The second-order valence-corrected chi connectivity index (χ2v) is 3.81. The Kier molecular flexibility index (Phi) is 1.87. The van der Waals surface area contributed by atoms with Crippen molar-refractivity contribution in [2.45, 2.75) is 6.42 Å². The van der Waals surface area contributed by atoms with Crippen molar-refractivity contribution in [2.24, 2.45) is 11.1 Å². The van der Waals surface area contributed by atoms with E-state index in [1.165, 1.54) is 19.5 Å². The van der Waals surface area contributed by atoms with Crippen LogP contribution in [0.15, 0.2) is 0 Å². The van der Waals surface area contributed by atoms with Crippen LogP contribution in [0.4, 0.5) is 0 Å². The molecule has 2 aliphatic rings. The maximum absolute atomic E-state index is 5.48. The van der Waals surface area contributed by atoms with E-state index < -0.39 is 0 Å². The number of nitrogens with zero attached hydrogens (tertiary/aromatic N) is 1. The average molecular weight is 156 g/mol. The summed E-state index contributed by atoms with van der Waals surface area (Å²) in [5, 5.41) is 0. The lowest BCUT2D eigenvalue weighted by Gasteiger charge is -2.37. The van der Waals surface area contributed by atoms with Crippen molar-refractivity contribution in [3.63, 3.8) is 0 Å². The van der Waals surface area contributed by atoms with Crippen molar-refractivity contribution in [3.8, 4) is 0 Å². The number of likely N-dealkylation sites (tertiary alicyclic amines) is 1. The smallest absolute Gasteiger partial charge is 0.0557 e. The predicted octanol–water partition coefficient (Wildman–Crippen LogP) is -0.333. The molecule has 2 aliphatic heterocycles. The van der Waals surface area contributed by atoms with Crippen LogP contribution in [-0.4, -0.2) is 44.3 Å². The molecule has 2 saturated heterocycles. The fraction of sp³-hybridized carbons (Fsp3) is 1.00. The predicted molar refractivity (Wildman–Crippen MR) is 43.4 cm³/mol. The largest absolute Gasteiger partial charge is 0.380 e. The van der Waals surface area contributed by atoms with Gasteiger partial charge in [0.2, 0.25) is 0 Å². The summed E-state index contributed by atoms with van der Waals surface area (Å²) in [6, 6.07) is 0. The third kappa shape index (κ3) is 1.28. The van der Waals surface area contributed by atoms with Crippen molar-refractivity contribution >= 4 is 0 Å². The van der Waals surface area contributed by atoms with Gasteiger partial charge in [-0.3, -0.25) is 0 Å². The van der Waals surface area contributed by atoms with E-state index in [1.807, 2.05) is 0 Å². The Morgan fingerprint density at radius 1 is 1.45 bits per heavy atom. The van der Waals surface area contributed by atoms with E-state index in [9.17, 15) is 0 Å². The number of hydrogen-bond acceptors (Lipinski definition) is 3. The molecule has 2 rings (SSSR count). The molecule has 0 aromatic carbocycles. The Bertz CT molecular complexity index is 145. The summed E-state index contributed by atoms with van der Waals surface area (Å²) in [6.45, 7) is 6.24. The van der Waals surface area contributed by atoms with Crippen molar-refractivity contribution in [1.29, 1.82) is 0 Å². The quantitative estimate of drug-likeness (QED) is 0.595. The van der Waals surface area contributed by atoms with Gasteiger partial charge in [0.05, 0.1) is 13.2 Å². The molecule has 0 unspecified atom stereocenters. The van der Waals surface area contributed by atoms with E-state index in [4.69, 9.17) is 10.5 Å². The molecule has 1 spiro atoms. The molecule has 2 heterocycles. The van der Waals surface area contributed by atoms with Crippen molar-refractivity contribution in [1.82, 2.24) is 4.90 Å². The Hall–Kier alpha value is -0.120. The number of nitrogens with two attached hydrogens (primary N) is 1. The average Bonchev–Trinajstić information content (AvgIpc) is 2.32. The summed E-state index contributed by atoms with van der Waals surface area (Å²) in [6.07, 6.45) is 1.31. The monoisotopic (exact) mass is 156 g/mol. The zero-order valence-electron chi connectivity index (χ0n) is 6.88. The van der Waals surface area contributed by atoms with Crippen molar-refractivity contribution in [2.75, 3.05) is 39.4 Å². The molecule has 0 aliphatic carbocycles. The minimum absolute atomic E-state index is 0.537. The first-order valence-electron chi connectivity index (χ1n) is 4.35. The van der Waals surface area contributed by atoms with Crippen LogP contribution in [0.25, 0.3) is 0 Å². The van der Waals surface area contributed by atoms with Crippen LogP contribution in [0.2, 0.25) is 0 Å². The molecule has 0 atom stereocenters. The summed E-state index contributed by atoms with van der Waals surface area (Å²) in [4.78, 5) is 2.45. The molecule has 0 saturated carbocycles. The molecule has 0 radical (unpaired) electrons. The molecule has 2 fully saturated rings. The lowest BCUT2D eigenvalue weighted by molar-refractivity contribution is -0.104. The van der Waals surface area contributed by atoms with E-state index >= 15 is 0 Å². The van der Waals surface area contributed by atoms with E-state index in [0.717, 1.165) is 26.3 Å². The van der Waals surface area contributed by atoms with Gasteiger partial charge in [0.25, 0.3) is 0 Å². The normalized spacial score (nSPS) is 29.2.